The normalized spacial score (nSPS) is 10.5. The van der Waals surface area contributed by atoms with Gasteiger partial charge in [0.1, 0.15) is 0 Å². The Kier molecular flexibility index (Phi) is 3.46. The van der Waals surface area contributed by atoms with Crippen molar-refractivity contribution >= 4 is 17.6 Å². The van der Waals surface area contributed by atoms with Crippen molar-refractivity contribution in [2.75, 3.05) is 0 Å². The van der Waals surface area contributed by atoms with E-state index in [1.807, 2.05) is 18.2 Å². The van der Waals surface area contributed by atoms with Crippen LogP contribution in [0.15, 0.2) is 59.1 Å². The quantitative estimate of drug-likeness (QED) is 0.780. The third-order valence-electron chi connectivity index (χ3n) is 3.02. The number of halogens is 1. The summed E-state index contributed by atoms with van der Waals surface area (Å²) in [4.78, 5) is 15.0. The van der Waals surface area contributed by atoms with Gasteiger partial charge in [-0.1, -0.05) is 23.7 Å². The Balaban J connectivity index is 1.95. The molecular formula is C16H10ClNO3. The van der Waals surface area contributed by atoms with Gasteiger partial charge in [-0.25, -0.2) is 9.78 Å². The van der Waals surface area contributed by atoms with Gasteiger partial charge in [0, 0.05) is 11.1 Å². The second kappa shape index (κ2) is 5.42. The molecule has 2 aromatic carbocycles. The standard InChI is InChI=1S/C16H10ClNO3/c17-13-4-2-1-3-12(13)14-9-18-15(21-14)10-5-7-11(8-6-10)16(19)20/h1-9H,(H,19,20). The fourth-order valence-electron chi connectivity index (χ4n) is 1.95. The zero-order valence-electron chi connectivity index (χ0n) is 10.8. The predicted molar refractivity (Wildman–Crippen MR) is 79.3 cm³/mol. The Labute approximate surface area is 125 Å². The Morgan fingerprint density at radius 3 is 2.48 bits per heavy atom. The largest absolute Gasteiger partial charge is 0.478 e. The fraction of sp³-hybridized carbons (Fsp3) is 0. The summed E-state index contributed by atoms with van der Waals surface area (Å²) in [5.74, 6) is 0.0190. The molecule has 104 valence electrons. The van der Waals surface area contributed by atoms with Gasteiger partial charge in [0.05, 0.1) is 16.8 Å². The molecule has 3 rings (SSSR count). The molecule has 0 unspecified atom stereocenters. The van der Waals surface area contributed by atoms with Gasteiger partial charge in [0.15, 0.2) is 5.76 Å². The fourth-order valence-corrected chi connectivity index (χ4v) is 2.18. The highest BCUT2D eigenvalue weighted by atomic mass is 35.5. The molecule has 0 saturated heterocycles. The van der Waals surface area contributed by atoms with Crippen LogP contribution in [0.3, 0.4) is 0 Å². The van der Waals surface area contributed by atoms with Gasteiger partial charge in [0.2, 0.25) is 5.89 Å². The van der Waals surface area contributed by atoms with E-state index in [2.05, 4.69) is 4.98 Å². The second-order valence-corrected chi connectivity index (χ2v) is 4.80. The summed E-state index contributed by atoms with van der Waals surface area (Å²) in [6, 6.07) is 13.7. The van der Waals surface area contributed by atoms with Crippen LogP contribution in [0.2, 0.25) is 5.02 Å². The molecule has 0 fully saturated rings. The lowest BCUT2D eigenvalue weighted by molar-refractivity contribution is 0.0697. The minimum Gasteiger partial charge on any atom is -0.478 e. The maximum absolute atomic E-state index is 10.8. The van der Waals surface area contributed by atoms with Crippen LogP contribution < -0.4 is 0 Å². The van der Waals surface area contributed by atoms with Crippen LogP contribution in [-0.2, 0) is 0 Å². The Morgan fingerprint density at radius 1 is 1.10 bits per heavy atom. The van der Waals surface area contributed by atoms with Gasteiger partial charge in [0.25, 0.3) is 0 Å². The van der Waals surface area contributed by atoms with Crippen molar-refractivity contribution < 1.29 is 14.3 Å². The number of carbonyl (C=O) groups is 1. The van der Waals surface area contributed by atoms with Crippen LogP contribution in [0, 0.1) is 0 Å². The number of carboxylic acids is 1. The van der Waals surface area contributed by atoms with E-state index in [0.717, 1.165) is 5.56 Å². The zero-order valence-corrected chi connectivity index (χ0v) is 11.5. The summed E-state index contributed by atoms with van der Waals surface area (Å²) in [6.07, 6.45) is 1.60. The number of carboxylic acid groups (broad SMARTS) is 1. The number of nitrogens with zero attached hydrogens (tertiary/aromatic N) is 1. The lowest BCUT2D eigenvalue weighted by Crippen LogP contribution is -1.94. The van der Waals surface area contributed by atoms with Crippen molar-refractivity contribution in [3.05, 3.63) is 65.3 Å². The minimum absolute atomic E-state index is 0.219. The molecule has 0 radical (unpaired) electrons. The summed E-state index contributed by atoms with van der Waals surface area (Å²) < 4.78 is 5.69. The molecule has 0 spiro atoms. The molecule has 0 aliphatic rings. The minimum atomic E-state index is -0.967. The number of rotatable bonds is 3. The van der Waals surface area contributed by atoms with E-state index in [9.17, 15) is 4.79 Å². The van der Waals surface area contributed by atoms with Crippen LogP contribution in [0.1, 0.15) is 10.4 Å². The summed E-state index contributed by atoms with van der Waals surface area (Å²) in [5, 5.41) is 9.46. The molecule has 21 heavy (non-hydrogen) atoms. The number of hydrogen-bond acceptors (Lipinski definition) is 3. The molecule has 1 aromatic heterocycles. The first-order valence-electron chi connectivity index (χ1n) is 6.19. The first-order chi connectivity index (χ1) is 10.1. The van der Waals surface area contributed by atoms with Crippen LogP contribution in [0.4, 0.5) is 0 Å². The summed E-state index contributed by atoms with van der Waals surface area (Å²) in [5.41, 5.74) is 1.69. The monoisotopic (exact) mass is 299 g/mol. The summed E-state index contributed by atoms with van der Waals surface area (Å²) >= 11 is 6.12. The third kappa shape index (κ3) is 2.66. The molecule has 5 heteroatoms. The van der Waals surface area contributed by atoms with E-state index in [4.69, 9.17) is 21.1 Å². The SMILES string of the molecule is O=C(O)c1ccc(-c2ncc(-c3ccccc3Cl)o2)cc1. The van der Waals surface area contributed by atoms with Crippen molar-refractivity contribution in [1.82, 2.24) is 4.98 Å². The highest BCUT2D eigenvalue weighted by Crippen LogP contribution is 2.30. The molecule has 1 N–H and O–H groups in total. The van der Waals surface area contributed by atoms with E-state index >= 15 is 0 Å². The average molecular weight is 300 g/mol. The van der Waals surface area contributed by atoms with Crippen LogP contribution in [0.25, 0.3) is 22.8 Å². The molecule has 1 heterocycles. The van der Waals surface area contributed by atoms with Crippen LogP contribution in [-0.4, -0.2) is 16.1 Å². The maximum atomic E-state index is 10.8. The van der Waals surface area contributed by atoms with Gasteiger partial charge in [-0.05, 0) is 36.4 Å². The molecule has 0 aliphatic carbocycles. The summed E-state index contributed by atoms with van der Waals surface area (Å²) in [6.45, 7) is 0. The zero-order chi connectivity index (χ0) is 14.8. The lowest BCUT2D eigenvalue weighted by atomic mass is 10.1. The lowest BCUT2D eigenvalue weighted by Gasteiger charge is -1.99. The van der Waals surface area contributed by atoms with Gasteiger partial charge < -0.3 is 9.52 Å². The highest BCUT2D eigenvalue weighted by molar-refractivity contribution is 6.33. The van der Waals surface area contributed by atoms with E-state index in [1.165, 1.54) is 12.1 Å². The van der Waals surface area contributed by atoms with Crippen LogP contribution >= 0.6 is 11.6 Å². The second-order valence-electron chi connectivity index (χ2n) is 4.39. The summed E-state index contributed by atoms with van der Waals surface area (Å²) in [7, 11) is 0. The van der Waals surface area contributed by atoms with Crippen molar-refractivity contribution in [3.63, 3.8) is 0 Å². The van der Waals surface area contributed by atoms with E-state index in [1.54, 1.807) is 24.4 Å². The number of oxazole rings is 1. The van der Waals surface area contributed by atoms with Crippen molar-refractivity contribution in [1.29, 1.82) is 0 Å². The highest BCUT2D eigenvalue weighted by Gasteiger charge is 2.11. The predicted octanol–water partition coefficient (Wildman–Crippen LogP) is 4.36. The van der Waals surface area contributed by atoms with Crippen molar-refractivity contribution in [2.24, 2.45) is 0 Å². The number of aromatic nitrogens is 1. The number of benzene rings is 2. The molecule has 4 nitrogen and oxygen atoms in total. The Bertz CT molecular complexity index is 793. The molecule has 0 saturated carbocycles. The Hall–Kier alpha value is -2.59. The topological polar surface area (TPSA) is 63.3 Å². The third-order valence-corrected chi connectivity index (χ3v) is 3.35. The van der Waals surface area contributed by atoms with E-state index in [-0.39, 0.29) is 5.56 Å². The van der Waals surface area contributed by atoms with Gasteiger partial charge in [-0.15, -0.1) is 0 Å². The first-order valence-corrected chi connectivity index (χ1v) is 6.57. The van der Waals surface area contributed by atoms with Crippen LogP contribution in [0.5, 0.6) is 0 Å². The molecule has 0 atom stereocenters. The smallest absolute Gasteiger partial charge is 0.335 e. The van der Waals surface area contributed by atoms with Crippen molar-refractivity contribution in [3.8, 4) is 22.8 Å². The molecule has 0 amide bonds. The van der Waals surface area contributed by atoms with Gasteiger partial charge >= 0.3 is 5.97 Å². The van der Waals surface area contributed by atoms with Gasteiger partial charge in [-0.2, -0.15) is 0 Å². The average Bonchev–Trinajstić information content (AvgIpc) is 2.97. The Morgan fingerprint density at radius 2 is 1.81 bits per heavy atom. The maximum Gasteiger partial charge on any atom is 0.335 e. The van der Waals surface area contributed by atoms with E-state index < -0.39 is 5.97 Å². The van der Waals surface area contributed by atoms with Gasteiger partial charge in [-0.3, -0.25) is 0 Å². The molecule has 3 aromatic rings. The first kappa shape index (κ1) is 13.4. The molecule has 0 bridgehead atoms. The molecule has 0 aliphatic heterocycles. The molecular weight excluding hydrogens is 290 g/mol. The number of aromatic carboxylic acids is 1. The van der Waals surface area contributed by atoms with Crippen molar-refractivity contribution in [2.45, 2.75) is 0 Å². The van der Waals surface area contributed by atoms with E-state index in [0.29, 0.717) is 22.2 Å². The number of hydrogen-bond donors (Lipinski definition) is 1.